The third-order valence-electron chi connectivity index (χ3n) is 2.60. The lowest BCUT2D eigenvalue weighted by Crippen LogP contribution is -2.14. The van der Waals surface area contributed by atoms with Gasteiger partial charge in [-0.15, -0.1) is 0 Å². The van der Waals surface area contributed by atoms with Gasteiger partial charge in [0, 0.05) is 0 Å². The highest BCUT2D eigenvalue weighted by Gasteiger charge is 2.18. The van der Waals surface area contributed by atoms with Gasteiger partial charge in [-0.3, -0.25) is 4.79 Å². The summed E-state index contributed by atoms with van der Waals surface area (Å²) in [4.78, 5) is 22.7. The molecule has 1 N–H and O–H groups in total. The first-order valence-electron chi connectivity index (χ1n) is 5.84. The molecule has 2 rings (SSSR count). The number of hydrogen-bond acceptors (Lipinski definition) is 3. The minimum Gasteiger partial charge on any atom is -0.478 e. The van der Waals surface area contributed by atoms with Crippen LogP contribution in [0.25, 0.3) is 0 Å². The van der Waals surface area contributed by atoms with E-state index in [1.807, 2.05) is 0 Å². The van der Waals surface area contributed by atoms with E-state index < -0.39 is 23.5 Å². The zero-order valence-corrected chi connectivity index (χ0v) is 10.4. The molecule has 0 aliphatic carbocycles. The largest absolute Gasteiger partial charge is 0.478 e. The minimum atomic E-state index is -1.35. The molecule has 0 aromatic heterocycles. The molecule has 4 nitrogen and oxygen atoms in total. The Bertz CT molecular complexity index is 638. The number of carbonyl (C=O) groups excluding carboxylic acids is 1. The van der Waals surface area contributed by atoms with Crippen LogP contribution in [-0.2, 0) is 11.2 Å². The van der Waals surface area contributed by atoms with E-state index in [1.54, 1.807) is 30.3 Å². The molecule has 0 fully saturated rings. The second kappa shape index (κ2) is 5.97. The molecule has 5 heteroatoms. The predicted molar refractivity (Wildman–Crippen MR) is 69.1 cm³/mol. The van der Waals surface area contributed by atoms with Gasteiger partial charge in [-0.2, -0.15) is 0 Å². The van der Waals surface area contributed by atoms with E-state index >= 15 is 0 Å². The number of carbonyl (C=O) groups is 2. The average molecular weight is 274 g/mol. The van der Waals surface area contributed by atoms with Gasteiger partial charge in [0.25, 0.3) is 0 Å². The summed E-state index contributed by atoms with van der Waals surface area (Å²) < 4.78 is 18.4. The van der Waals surface area contributed by atoms with Gasteiger partial charge < -0.3 is 9.84 Å². The van der Waals surface area contributed by atoms with Crippen molar-refractivity contribution in [3.8, 4) is 5.75 Å². The monoisotopic (exact) mass is 274 g/mol. The van der Waals surface area contributed by atoms with Gasteiger partial charge in [0.05, 0.1) is 6.42 Å². The number of halogens is 1. The third kappa shape index (κ3) is 3.20. The maximum atomic E-state index is 13.6. The van der Waals surface area contributed by atoms with Crippen LogP contribution >= 0.6 is 0 Å². The molecule has 0 saturated heterocycles. The fourth-order valence-corrected chi connectivity index (χ4v) is 1.69. The number of ether oxygens (including phenoxy) is 1. The zero-order chi connectivity index (χ0) is 14.5. The summed E-state index contributed by atoms with van der Waals surface area (Å²) in [6.07, 6.45) is -0.0613. The van der Waals surface area contributed by atoms with E-state index in [2.05, 4.69) is 0 Å². The van der Waals surface area contributed by atoms with Crippen molar-refractivity contribution in [3.63, 3.8) is 0 Å². The molecule has 0 amide bonds. The fraction of sp³-hybridized carbons (Fsp3) is 0.0667. The molecule has 0 unspecified atom stereocenters. The van der Waals surface area contributed by atoms with E-state index in [-0.39, 0.29) is 12.0 Å². The number of para-hydroxylation sites is 1. The maximum absolute atomic E-state index is 13.6. The molecule has 0 heterocycles. The zero-order valence-electron chi connectivity index (χ0n) is 10.4. The molecule has 0 bridgehead atoms. The lowest BCUT2D eigenvalue weighted by atomic mass is 10.1. The van der Waals surface area contributed by atoms with Crippen LogP contribution < -0.4 is 4.74 Å². The van der Waals surface area contributed by atoms with Crippen LogP contribution in [0, 0.1) is 5.82 Å². The van der Waals surface area contributed by atoms with Crippen molar-refractivity contribution < 1.29 is 23.8 Å². The second-order valence-corrected chi connectivity index (χ2v) is 4.06. The predicted octanol–water partition coefficient (Wildman–Crippen LogP) is 2.67. The fourth-order valence-electron chi connectivity index (χ4n) is 1.69. The number of carboxylic acid groups (broad SMARTS) is 1. The van der Waals surface area contributed by atoms with Crippen molar-refractivity contribution in [1.82, 2.24) is 0 Å². The van der Waals surface area contributed by atoms with Crippen molar-refractivity contribution in [2.75, 3.05) is 0 Å². The van der Waals surface area contributed by atoms with Gasteiger partial charge in [0.1, 0.15) is 5.56 Å². The van der Waals surface area contributed by atoms with Crippen LogP contribution in [0.2, 0.25) is 0 Å². The summed E-state index contributed by atoms with van der Waals surface area (Å²) >= 11 is 0. The molecular weight excluding hydrogens is 263 g/mol. The molecule has 0 atom stereocenters. The SMILES string of the molecule is O=C(Cc1ccccc1)Oc1c(F)cccc1C(=O)O. The Morgan fingerprint density at radius 3 is 2.40 bits per heavy atom. The van der Waals surface area contributed by atoms with E-state index in [9.17, 15) is 14.0 Å². The summed E-state index contributed by atoms with van der Waals surface area (Å²) in [5, 5.41) is 8.93. The van der Waals surface area contributed by atoms with E-state index in [1.165, 1.54) is 12.1 Å². The van der Waals surface area contributed by atoms with Crippen molar-refractivity contribution in [2.45, 2.75) is 6.42 Å². The molecular formula is C15H11FO4. The molecule has 102 valence electrons. The quantitative estimate of drug-likeness (QED) is 0.687. The first-order valence-corrected chi connectivity index (χ1v) is 5.84. The van der Waals surface area contributed by atoms with Gasteiger partial charge in [-0.05, 0) is 17.7 Å². The first-order chi connectivity index (χ1) is 9.58. The second-order valence-electron chi connectivity index (χ2n) is 4.06. The van der Waals surface area contributed by atoms with E-state index in [0.717, 1.165) is 6.07 Å². The van der Waals surface area contributed by atoms with Crippen molar-refractivity contribution >= 4 is 11.9 Å². The van der Waals surface area contributed by atoms with Crippen LogP contribution in [0.4, 0.5) is 4.39 Å². The molecule has 2 aromatic rings. The summed E-state index contributed by atoms with van der Waals surface area (Å²) in [5.74, 6) is -3.51. The molecule has 0 radical (unpaired) electrons. The Labute approximate surface area is 114 Å². The molecule has 20 heavy (non-hydrogen) atoms. The van der Waals surface area contributed by atoms with Gasteiger partial charge in [0.15, 0.2) is 11.6 Å². The van der Waals surface area contributed by atoms with Crippen LogP contribution in [-0.4, -0.2) is 17.0 Å². The summed E-state index contributed by atoms with van der Waals surface area (Å²) in [5.41, 5.74) is 0.317. The van der Waals surface area contributed by atoms with Crippen molar-refractivity contribution in [3.05, 3.63) is 65.5 Å². The number of carboxylic acids is 1. The normalized spacial score (nSPS) is 10.1. The summed E-state index contributed by atoms with van der Waals surface area (Å²) in [7, 11) is 0. The van der Waals surface area contributed by atoms with Gasteiger partial charge in [-0.25, -0.2) is 9.18 Å². The molecule has 0 aliphatic rings. The number of benzene rings is 2. The maximum Gasteiger partial charge on any atom is 0.339 e. The highest BCUT2D eigenvalue weighted by Crippen LogP contribution is 2.23. The average Bonchev–Trinajstić information content (AvgIpc) is 2.42. The van der Waals surface area contributed by atoms with Gasteiger partial charge in [0.2, 0.25) is 0 Å². The van der Waals surface area contributed by atoms with Crippen LogP contribution in [0.3, 0.4) is 0 Å². The highest BCUT2D eigenvalue weighted by molar-refractivity contribution is 5.92. The Morgan fingerprint density at radius 2 is 1.75 bits per heavy atom. The Balaban J connectivity index is 2.18. The molecule has 0 spiro atoms. The Hall–Kier alpha value is -2.69. The number of rotatable bonds is 4. The van der Waals surface area contributed by atoms with Gasteiger partial charge >= 0.3 is 11.9 Å². The number of hydrogen-bond donors (Lipinski definition) is 1. The number of esters is 1. The minimum absolute atomic E-state index is 0.0613. The Kier molecular flexibility index (Phi) is 4.10. The summed E-state index contributed by atoms with van der Waals surface area (Å²) in [6.45, 7) is 0. The molecule has 0 saturated carbocycles. The Morgan fingerprint density at radius 1 is 1.05 bits per heavy atom. The molecule has 2 aromatic carbocycles. The van der Waals surface area contributed by atoms with E-state index in [4.69, 9.17) is 9.84 Å². The van der Waals surface area contributed by atoms with Gasteiger partial charge in [-0.1, -0.05) is 36.4 Å². The smallest absolute Gasteiger partial charge is 0.339 e. The van der Waals surface area contributed by atoms with E-state index in [0.29, 0.717) is 5.56 Å². The highest BCUT2D eigenvalue weighted by atomic mass is 19.1. The lowest BCUT2D eigenvalue weighted by Gasteiger charge is -2.08. The summed E-state index contributed by atoms with van der Waals surface area (Å²) in [6, 6.07) is 12.2. The van der Waals surface area contributed by atoms with Crippen molar-refractivity contribution in [2.24, 2.45) is 0 Å². The van der Waals surface area contributed by atoms with Crippen molar-refractivity contribution in [1.29, 1.82) is 0 Å². The standard InChI is InChI=1S/C15H11FO4/c16-12-8-4-7-11(15(18)19)14(12)20-13(17)9-10-5-2-1-3-6-10/h1-8H,9H2,(H,18,19). The van der Waals surface area contributed by atoms with Crippen LogP contribution in [0.5, 0.6) is 5.75 Å². The molecule has 0 aliphatic heterocycles. The topological polar surface area (TPSA) is 63.6 Å². The third-order valence-corrected chi connectivity index (χ3v) is 2.60. The first kappa shape index (κ1) is 13.7. The lowest BCUT2D eigenvalue weighted by molar-refractivity contribution is -0.133. The number of aromatic carboxylic acids is 1. The van der Waals surface area contributed by atoms with Crippen LogP contribution in [0.1, 0.15) is 15.9 Å². The van der Waals surface area contributed by atoms with Crippen LogP contribution in [0.15, 0.2) is 48.5 Å².